The molecule has 0 aromatic heterocycles. The minimum absolute atomic E-state index is 0.594. The van der Waals surface area contributed by atoms with Crippen molar-refractivity contribution in [2.75, 3.05) is 6.54 Å². The molecule has 1 N–H and O–H groups in total. The van der Waals surface area contributed by atoms with Gasteiger partial charge in [0, 0.05) is 11.1 Å². The van der Waals surface area contributed by atoms with Crippen LogP contribution < -0.4 is 5.32 Å². The maximum Gasteiger partial charge on any atom is 0.0406 e. The third-order valence-electron chi connectivity index (χ3n) is 3.01. The maximum absolute atomic E-state index is 5.86. The molecular formula is C13H18ClN. The van der Waals surface area contributed by atoms with Gasteiger partial charge in [0.25, 0.3) is 0 Å². The summed E-state index contributed by atoms with van der Waals surface area (Å²) in [5, 5.41) is 4.32. The van der Waals surface area contributed by atoms with Crippen molar-refractivity contribution in [1.29, 1.82) is 0 Å². The predicted octanol–water partition coefficient (Wildman–Crippen LogP) is 3.44. The van der Waals surface area contributed by atoms with Crippen LogP contribution in [-0.2, 0) is 0 Å². The lowest BCUT2D eigenvalue weighted by Gasteiger charge is -2.07. The van der Waals surface area contributed by atoms with E-state index in [-0.39, 0.29) is 0 Å². The number of hydrogen-bond acceptors (Lipinski definition) is 1. The van der Waals surface area contributed by atoms with E-state index in [1.54, 1.807) is 0 Å². The molecule has 2 unspecified atom stereocenters. The van der Waals surface area contributed by atoms with E-state index in [4.69, 9.17) is 11.6 Å². The van der Waals surface area contributed by atoms with Crippen LogP contribution >= 0.6 is 11.6 Å². The maximum atomic E-state index is 5.86. The van der Waals surface area contributed by atoms with E-state index in [0.29, 0.717) is 6.04 Å². The van der Waals surface area contributed by atoms with Crippen molar-refractivity contribution in [2.45, 2.75) is 32.2 Å². The molecule has 1 aromatic carbocycles. The van der Waals surface area contributed by atoms with Gasteiger partial charge in [-0.15, -0.1) is 0 Å². The average molecular weight is 224 g/mol. The molecule has 2 rings (SSSR count). The Balaban J connectivity index is 1.85. The van der Waals surface area contributed by atoms with Gasteiger partial charge in [-0.3, -0.25) is 0 Å². The van der Waals surface area contributed by atoms with Gasteiger partial charge in [-0.25, -0.2) is 0 Å². The first-order valence-electron chi connectivity index (χ1n) is 5.65. The predicted molar refractivity (Wildman–Crippen MR) is 65.4 cm³/mol. The fraction of sp³-hybridized carbons (Fsp3) is 0.538. The van der Waals surface area contributed by atoms with Crippen molar-refractivity contribution in [1.82, 2.24) is 5.32 Å². The van der Waals surface area contributed by atoms with Gasteiger partial charge in [0.05, 0.1) is 0 Å². The molecule has 0 radical (unpaired) electrons. The number of benzene rings is 1. The van der Waals surface area contributed by atoms with E-state index in [2.05, 4.69) is 31.3 Å². The second-order valence-corrected chi connectivity index (χ2v) is 5.15. The molecule has 1 aliphatic rings. The molecule has 2 atom stereocenters. The monoisotopic (exact) mass is 223 g/mol. The average Bonchev–Trinajstić information content (AvgIpc) is 2.95. The van der Waals surface area contributed by atoms with Gasteiger partial charge in [0.2, 0.25) is 0 Å². The Kier molecular flexibility index (Phi) is 3.32. The van der Waals surface area contributed by atoms with Gasteiger partial charge >= 0.3 is 0 Å². The molecule has 1 nitrogen and oxygen atoms in total. The van der Waals surface area contributed by atoms with E-state index >= 15 is 0 Å². The SMILES string of the molecule is CC(C)NCC1CC1c1ccc(Cl)cc1. The van der Waals surface area contributed by atoms with Crippen molar-refractivity contribution in [3.63, 3.8) is 0 Å². The highest BCUT2D eigenvalue weighted by Crippen LogP contribution is 2.47. The minimum atomic E-state index is 0.594. The van der Waals surface area contributed by atoms with E-state index in [0.717, 1.165) is 23.4 Å². The Hall–Kier alpha value is -0.530. The Morgan fingerprint density at radius 1 is 1.33 bits per heavy atom. The Bertz CT molecular complexity index is 318. The van der Waals surface area contributed by atoms with Crippen LogP contribution in [0, 0.1) is 5.92 Å². The van der Waals surface area contributed by atoms with Crippen LogP contribution in [-0.4, -0.2) is 12.6 Å². The van der Waals surface area contributed by atoms with Crippen LogP contribution in [0.4, 0.5) is 0 Å². The fourth-order valence-corrected chi connectivity index (χ4v) is 2.10. The summed E-state index contributed by atoms with van der Waals surface area (Å²) >= 11 is 5.86. The highest BCUT2D eigenvalue weighted by atomic mass is 35.5. The van der Waals surface area contributed by atoms with Gasteiger partial charge in [0.1, 0.15) is 0 Å². The molecule has 1 aromatic rings. The summed E-state index contributed by atoms with van der Waals surface area (Å²) in [7, 11) is 0. The normalized spacial score (nSPS) is 24.5. The first-order chi connectivity index (χ1) is 7.16. The molecule has 1 aliphatic carbocycles. The molecule has 0 aliphatic heterocycles. The molecule has 1 fully saturated rings. The smallest absolute Gasteiger partial charge is 0.0406 e. The minimum Gasteiger partial charge on any atom is -0.314 e. The number of hydrogen-bond donors (Lipinski definition) is 1. The van der Waals surface area contributed by atoms with Gasteiger partial charge in [-0.1, -0.05) is 37.6 Å². The molecule has 1 saturated carbocycles. The van der Waals surface area contributed by atoms with Crippen molar-refractivity contribution in [3.8, 4) is 0 Å². The van der Waals surface area contributed by atoms with E-state index in [1.165, 1.54) is 12.0 Å². The summed E-state index contributed by atoms with van der Waals surface area (Å²) < 4.78 is 0. The summed E-state index contributed by atoms with van der Waals surface area (Å²) in [6, 6.07) is 8.88. The van der Waals surface area contributed by atoms with Crippen LogP contribution in [0.25, 0.3) is 0 Å². The lowest BCUT2D eigenvalue weighted by molar-refractivity contribution is 0.554. The first kappa shape index (κ1) is 11.0. The van der Waals surface area contributed by atoms with E-state index in [9.17, 15) is 0 Å². The van der Waals surface area contributed by atoms with Gasteiger partial charge in [-0.05, 0) is 42.5 Å². The van der Waals surface area contributed by atoms with Gasteiger partial charge < -0.3 is 5.32 Å². The van der Waals surface area contributed by atoms with Crippen LogP contribution in [0.5, 0.6) is 0 Å². The summed E-state index contributed by atoms with van der Waals surface area (Å²) in [6.45, 7) is 5.53. The molecule has 0 saturated heterocycles. The highest BCUT2D eigenvalue weighted by molar-refractivity contribution is 6.30. The van der Waals surface area contributed by atoms with Crippen molar-refractivity contribution in [2.24, 2.45) is 5.92 Å². The standard InChI is InChI=1S/C13H18ClN/c1-9(2)15-8-11-7-13(11)10-3-5-12(14)6-4-10/h3-6,9,11,13,15H,7-8H2,1-2H3. The zero-order chi connectivity index (χ0) is 10.8. The Morgan fingerprint density at radius 3 is 2.60 bits per heavy atom. The molecule has 0 bridgehead atoms. The number of halogens is 1. The van der Waals surface area contributed by atoms with E-state index < -0.39 is 0 Å². The van der Waals surface area contributed by atoms with Crippen molar-refractivity contribution >= 4 is 11.6 Å². The zero-order valence-electron chi connectivity index (χ0n) is 9.33. The van der Waals surface area contributed by atoms with Gasteiger partial charge in [-0.2, -0.15) is 0 Å². The third kappa shape index (κ3) is 2.96. The van der Waals surface area contributed by atoms with Crippen LogP contribution in [0.2, 0.25) is 5.02 Å². The molecule has 0 heterocycles. The largest absolute Gasteiger partial charge is 0.314 e. The van der Waals surface area contributed by atoms with Crippen molar-refractivity contribution < 1.29 is 0 Å². The van der Waals surface area contributed by atoms with Gasteiger partial charge in [0.15, 0.2) is 0 Å². The zero-order valence-corrected chi connectivity index (χ0v) is 10.1. The molecule has 82 valence electrons. The molecule has 15 heavy (non-hydrogen) atoms. The van der Waals surface area contributed by atoms with Crippen LogP contribution in [0.15, 0.2) is 24.3 Å². The highest BCUT2D eigenvalue weighted by Gasteiger charge is 2.37. The Labute approximate surface area is 96.8 Å². The molecular weight excluding hydrogens is 206 g/mol. The molecule has 2 heteroatoms. The lowest BCUT2D eigenvalue weighted by Crippen LogP contribution is -2.25. The quantitative estimate of drug-likeness (QED) is 0.825. The Morgan fingerprint density at radius 2 is 2.00 bits per heavy atom. The third-order valence-corrected chi connectivity index (χ3v) is 3.26. The molecule has 0 spiro atoms. The van der Waals surface area contributed by atoms with Crippen LogP contribution in [0.1, 0.15) is 31.7 Å². The van der Waals surface area contributed by atoms with Crippen LogP contribution in [0.3, 0.4) is 0 Å². The van der Waals surface area contributed by atoms with Crippen molar-refractivity contribution in [3.05, 3.63) is 34.9 Å². The second-order valence-electron chi connectivity index (χ2n) is 4.72. The summed E-state index contributed by atoms with van der Waals surface area (Å²) in [6.07, 6.45) is 1.32. The summed E-state index contributed by atoms with van der Waals surface area (Å²) in [5.74, 6) is 1.59. The first-order valence-corrected chi connectivity index (χ1v) is 6.03. The lowest BCUT2D eigenvalue weighted by atomic mass is 10.1. The number of rotatable bonds is 4. The summed E-state index contributed by atoms with van der Waals surface area (Å²) in [4.78, 5) is 0. The fourth-order valence-electron chi connectivity index (χ4n) is 1.98. The molecule has 0 amide bonds. The topological polar surface area (TPSA) is 12.0 Å². The summed E-state index contributed by atoms with van der Waals surface area (Å²) in [5.41, 5.74) is 1.44. The van der Waals surface area contributed by atoms with E-state index in [1.807, 2.05) is 12.1 Å². The number of nitrogens with one attached hydrogen (secondary N) is 1. The second kappa shape index (κ2) is 4.54.